The van der Waals surface area contributed by atoms with Crippen molar-refractivity contribution in [3.8, 4) is 11.8 Å². The van der Waals surface area contributed by atoms with E-state index in [2.05, 4.69) is 29.8 Å². The molecule has 1 aliphatic heterocycles. The van der Waals surface area contributed by atoms with Crippen molar-refractivity contribution in [2.45, 2.75) is 33.4 Å². The highest BCUT2D eigenvalue weighted by atomic mass is 35.5. The summed E-state index contributed by atoms with van der Waals surface area (Å²) >= 11 is 7.27. The third-order valence-corrected chi connectivity index (χ3v) is 6.34. The van der Waals surface area contributed by atoms with E-state index in [9.17, 15) is 10.1 Å². The molecule has 1 aliphatic rings. The van der Waals surface area contributed by atoms with Gasteiger partial charge in [0.05, 0.1) is 11.8 Å². The summed E-state index contributed by atoms with van der Waals surface area (Å²) in [6.45, 7) is 8.95. The van der Waals surface area contributed by atoms with E-state index >= 15 is 0 Å². The van der Waals surface area contributed by atoms with Crippen LogP contribution in [-0.4, -0.2) is 52.9 Å². The maximum Gasteiger partial charge on any atom is 0.265 e. The molecule has 1 atom stereocenters. The summed E-state index contributed by atoms with van der Waals surface area (Å²) < 4.78 is 5.74. The van der Waals surface area contributed by atoms with Crippen LogP contribution in [-0.2, 0) is 6.61 Å². The maximum atomic E-state index is 13.0. The molecular weight excluding hydrogens is 408 g/mol. The molecule has 0 N–H and O–H groups in total. The molecular formula is C21H25ClN4O2S. The van der Waals surface area contributed by atoms with E-state index in [0.29, 0.717) is 48.4 Å². The van der Waals surface area contributed by atoms with Gasteiger partial charge < -0.3 is 9.64 Å². The van der Waals surface area contributed by atoms with Crippen molar-refractivity contribution in [2.75, 3.05) is 26.2 Å². The van der Waals surface area contributed by atoms with E-state index < -0.39 is 0 Å². The third-order valence-electron chi connectivity index (χ3n) is 4.97. The number of carbonyl (C=O) groups is 1. The normalized spacial score (nSPS) is 15.9. The van der Waals surface area contributed by atoms with Crippen LogP contribution in [0, 0.1) is 24.2 Å². The number of nitrogens with zero attached hydrogens (tertiary/aromatic N) is 4. The minimum absolute atomic E-state index is 0.00967. The van der Waals surface area contributed by atoms with E-state index in [-0.39, 0.29) is 17.9 Å². The second-order valence-electron chi connectivity index (χ2n) is 7.41. The van der Waals surface area contributed by atoms with Crippen LogP contribution in [0.1, 0.15) is 34.2 Å². The van der Waals surface area contributed by atoms with Crippen LogP contribution in [0.2, 0.25) is 5.02 Å². The molecule has 0 radical (unpaired) electrons. The largest absolute Gasteiger partial charge is 0.486 e. The average molecular weight is 433 g/mol. The highest BCUT2D eigenvalue weighted by Crippen LogP contribution is 2.24. The monoisotopic (exact) mass is 432 g/mol. The van der Waals surface area contributed by atoms with Crippen LogP contribution in [0.3, 0.4) is 0 Å². The van der Waals surface area contributed by atoms with Crippen LogP contribution in [0.15, 0.2) is 24.3 Å². The Morgan fingerprint density at radius 1 is 1.28 bits per heavy atom. The average Bonchev–Trinajstić information content (AvgIpc) is 3.08. The van der Waals surface area contributed by atoms with Crippen molar-refractivity contribution in [1.82, 2.24) is 14.8 Å². The van der Waals surface area contributed by atoms with Crippen LogP contribution in [0.25, 0.3) is 0 Å². The summed E-state index contributed by atoms with van der Waals surface area (Å²) in [6, 6.07) is 9.44. The maximum absolute atomic E-state index is 13.0. The van der Waals surface area contributed by atoms with Gasteiger partial charge in [-0.2, -0.15) is 5.26 Å². The van der Waals surface area contributed by atoms with Crippen LogP contribution in [0.5, 0.6) is 5.75 Å². The number of amides is 1. The van der Waals surface area contributed by atoms with E-state index in [1.807, 2.05) is 11.8 Å². The van der Waals surface area contributed by atoms with Gasteiger partial charge in [0.1, 0.15) is 28.3 Å². The molecule has 1 fully saturated rings. The highest BCUT2D eigenvalue weighted by Gasteiger charge is 2.29. The number of hydrogen-bond acceptors (Lipinski definition) is 6. The van der Waals surface area contributed by atoms with E-state index in [1.165, 1.54) is 11.3 Å². The van der Waals surface area contributed by atoms with Crippen LogP contribution < -0.4 is 4.74 Å². The molecule has 2 heterocycles. The first kappa shape index (κ1) is 21.6. The summed E-state index contributed by atoms with van der Waals surface area (Å²) in [5.74, 6) is 0.994. The Labute approximate surface area is 180 Å². The Hall–Kier alpha value is -2.14. The first-order valence-electron chi connectivity index (χ1n) is 9.66. The van der Waals surface area contributed by atoms with E-state index in [0.717, 1.165) is 10.7 Å². The number of aromatic nitrogens is 1. The Morgan fingerprint density at radius 2 is 1.93 bits per heavy atom. The molecule has 1 aromatic carbocycles. The highest BCUT2D eigenvalue weighted by molar-refractivity contribution is 7.13. The Balaban J connectivity index is 1.59. The Bertz CT molecular complexity index is 883. The van der Waals surface area contributed by atoms with Gasteiger partial charge in [-0.1, -0.05) is 25.4 Å². The van der Waals surface area contributed by atoms with Crippen molar-refractivity contribution in [3.05, 3.63) is 44.9 Å². The number of benzene rings is 1. The zero-order valence-corrected chi connectivity index (χ0v) is 18.5. The number of hydrogen-bond donors (Lipinski definition) is 0. The lowest BCUT2D eigenvalue weighted by molar-refractivity contribution is 0.0580. The molecule has 0 bridgehead atoms. The second-order valence-corrected chi connectivity index (χ2v) is 8.93. The second kappa shape index (κ2) is 9.57. The zero-order valence-electron chi connectivity index (χ0n) is 16.9. The Morgan fingerprint density at radius 3 is 2.52 bits per heavy atom. The molecule has 0 aliphatic carbocycles. The first-order valence-corrected chi connectivity index (χ1v) is 10.9. The van der Waals surface area contributed by atoms with Gasteiger partial charge in [0.15, 0.2) is 0 Å². The fraction of sp³-hybridized carbons (Fsp3) is 0.476. The minimum atomic E-state index is -0.103. The molecule has 29 heavy (non-hydrogen) atoms. The number of thiazole rings is 1. The SMILES string of the molecule is Cc1nc(COc2ccc(Cl)cc2)sc1C(=O)N1CCN(C(C#N)C(C)C)CC1. The van der Waals surface area contributed by atoms with Crippen molar-refractivity contribution in [1.29, 1.82) is 5.26 Å². The van der Waals surface area contributed by atoms with E-state index in [4.69, 9.17) is 16.3 Å². The number of ether oxygens (including phenoxy) is 1. The van der Waals surface area contributed by atoms with Crippen LogP contribution in [0.4, 0.5) is 0 Å². The van der Waals surface area contributed by atoms with Crippen molar-refractivity contribution < 1.29 is 9.53 Å². The molecule has 1 unspecified atom stereocenters. The van der Waals surface area contributed by atoms with Gasteiger partial charge >= 0.3 is 0 Å². The van der Waals surface area contributed by atoms with Crippen molar-refractivity contribution in [2.24, 2.45) is 5.92 Å². The fourth-order valence-corrected chi connectivity index (χ4v) is 4.46. The van der Waals surface area contributed by atoms with Gasteiger partial charge in [-0.25, -0.2) is 4.98 Å². The van der Waals surface area contributed by atoms with Gasteiger partial charge in [0.2, 0.25) is 0 Å². The van der Waals surface area contributed by atoms with Gasteiger partial charge in [0.25, 0.3) is 5.91 Å². The van der Waals surface area contributed by atoms with Gasteiger partial charge in [-0.15, -0.1) is 11.3 Å². The summed E-state index contributed by atoms with van der Waals surface area (Å²) in [5, 5.41) is 10.8. The number of carbonyl (C=O) groups excluding carboxylic acids is 1. The molecule has 8 heteroatoms. The molecule has 1 amide bonds. The Kier molecular flexibility index (Phi) is 7.12. The molecule has 2 aromatic rings. The quantitative estimate of drug-likeness (QED) is 0.690. The predicted molar refractivity (Wildman–Crippen MR) is 114 cm³/mol. The number of piperazine rings is 1. The molecule has 1 aromatic heterocycles. The summed E-state index contributed by atoms with van der Waals surface area (Å²) in [6.07, 6.45) is 0. The summed E-state index contributed by atoms with van der Waals surface area (Å²) in [7, 11) is 0. The molecule has 0 spiro atoms. The smallest absolute Gasteiger partial charge is 0.265 e. The molecule has 154 valence electrons. The fourth-order valence-electron chi connectivity index (χ4n) is 3.39. The van der Waals surface area contributed by atoms with Crippen LogP contribution >= 0.6 is 22.9 Å². The summed E-state index contributed by atoms with van der Waals surface area (Å²) in [5.41, 5.74) is 0.731. The number of nitriles is 1. The van der Waals surface area contributed by atoms with Gasteiger partial charge in [-0.05, 0) is 37.1 Å². The minimum Gasteiger partial charge on any atom is -0.486 e. The lowest BCUT2D eigenvalue weighted by Crippen LogP contribution is -2.52. The first-order chi connectivity index (χ1) is 13.9. The molecule has 6 nitrogen and oxygen atoms in total. The topological polar surface area (TPSA) is 69.5 Å². The lowest BCUT2D eigenvalue weighted by atomic mass is 10.0. The lowest BCUT2D eigenvalue weighted by Gasteiger charge is -2.38. The van der Waals surface area contributed by atoms with Gasteiger partial charge in [0, 0.05) is 31.2 Å². The zero-order chi connectivity index (χ0) is 21.0. The molecule has 3 rings (SSSR count). The number of rotatable bonds is 6. The molecule has 0 saturated carbocycles. The predicted octanol–water partition coefficient (Wildman–Crippen LogP) is 3.99. The van der Waals surface area contributed by atoms with E-state index in [1.54, 1.807) is 24.3 Å². The number of aryl methyl sites for hydroxylation is 1. The standard InChI is InChI=1S/C21H25ClN4O2S/c1-14(2)18(12-23)25-8-10-26(11-9-25)21(27)20-15(3)24-19(29-20)13-28-17-6-4-16(22)5-7-17/h4-7,14,18H,8-11,13H2,1-3H3. The third kappa shape index (κ3) is 5.27. The summed E-state index contributed by atoms with van der Waals surface area (Å²) in [4.78, 5) is 22.2. The van der Waals surface area contributed by atoms with Crippen molar-refractivity contribution in [3.63, 3.8) is 0 Å². The molecule has 1 saturated heterocycles. The number of halogens is 1. The van der Waals surface area contributed by atoms with Crippen molar-refractivity contribution >= 4 is 28.8 Å². The van der Waals surface area contributed by atoms with Gasteiger partial charge in [-0.3, -0.25) is 9.69 Å².